The quantitative estimate of drug-likeness (QED) is 0.385. The second-order valence-corrected chi connectivity index (χ2v) is 6.95. The largest absolute Gasteiger partial charge is 0.497 e. The molecule has 0 aliphatic heterocycles. The minimum Gasteiger partial charge on any atom is -0.497 e. The maximum Gasteiger partial charge on any atom is 0.257 e. The number of methoxy groups -OCH3 is 1. The SMILES string of the molecule is COc1ccc(-c2nc(Cn3c(COc4ccccc4)nc4ccccc43)no2)cc1. The van der Waals surface area contributed by atoms with Crippen LogP contribution in [0.1, 0.15) is 11.6 Å². The van der Waals surface area contributed by atoms with Gasteiger partial charge in [0.2, 0.25) is 0 Å². The lowest BCUT2D eigenvalue weighted by molar-refractivity contribution is 0.291. The molecule has 5 aromatic rings. The van der Waals surface area contributed by atoms with Gasteiger partial charge in [-0.15, -0.1) is 0 Å². The van der Waals surface area contributed by atoms with Crippen LogP contribution in [0.2, 0.25) is 0 Å². The summed E-state index contributed by atoms with van der Waals surface area (Å²) in [5.41, 5.74) is 2.72. The van der Waals surface area contributed by atoms with E-state index in [1.807, 2.05) is 78.9 Å². The molecule has 0 spiro atoms. The molecule has 0 radical (unpaired) electrons. The molecule has 0 saturated heterocycles. The van der Waals surface area contributed by atoms with Crippen LogP contribution in [0, 0.1) is 0 Å². The van der Waals surface area contributed by atoms with Gasteiger partial charge in [0.25, 0.3) is 5.89 Å². The first-order valence-corrected chi connectivity index (χ1v) is 9.89. The van der Waals surface area contributed by atoms with Gasteiger partial charge in [0, 0.05) is 5.56 Å². The normalized spacial score (nSPS) is 11.0. The standard InChI is InChI=1S/C24H20N4O3/c1-29-18-13-11-17(12-14-18)24-26-22(27-31-24)15-28-21-10-6-5-9-20(21)25-23(28)16-30-19-7-3-2-4-8-19/h2-14H,15-16H2,1H3. The predicted molar refractivity (Wildman–Crippen MR) is 116 cm³/mol. The molecular formula is C24H20N4O3. The van der Waals surface area contributed by atoms with Crippen molar-refractivity contribution in [3.05, 3.63) is 90.5 Å². The third-order valence-corrected chi connectivity index (χ3v) is 4.95. The smallest absolute Gasteiger partial charge is 0.257 e. The fourth-order valence-electron chi connectivity index (χ4n) is 3.39. The number of benzene rings is 3. The number of nitrogens with zero attached hydrogens (tertiary/aromatic N) is 4. The fraction of sp³-hybridized carbons (Fsp3) is 0.125. The molecule has 5 rings (SSSR count). The first kappa shape index (κ1) is 18.9. The first-order valence-electron chi connectivity index (χ1n) is 9.89. The van der Waals surface area contributed by atoms with Gasteiger partial charge in [0.15, 0.2) is 5.82 Å². The van der Waals surface area contributed by atoms with E-state index in [4.69, 9.17) is 19.0 Å². The van der Waals surface area contributed by atoms with Crippen molar-refractivity contribution in [3.63, 3.8) is 0 Å². The molecule has 0 aliphatic carbocycles. The molecule has 0 aliphatic rings. The van der Waals surface area contributed by atoms with Gasteiger partial charge < -0.3 is 18.6 Å². The molecule has 0 amide bonds. The van der Waals surface area contributed by atoms with Crippen molar-refractivity contribution < 1.29 is 14.0 Å². The molecular weight excluding hydrogens is 392 g/mol. The van der Waals surface area contributed by atoms with Crippen LogP contribution in [0.15, 0.2) is 83.4 Å². The van der Waals surface area contributed by atoms with Crippen LogP contribution in [0.3, 0.4) is 0 Å². The second kappa shape index (κ2) is 8.31. The zero-order valence-electron chi connectivity index (χ0n) is 16.9. The van der Waals surface area contributed by atoms with Crippen molar-refractivity contribution in [2.24, 2.45) is 0 Å². The number of rotatable bonds is 7. The molecule has 3 aromatic carbocycles. The molecule has 7 nitrogen and oxygen atoms in total. The van der Waals surface area contributed by atoms with E-state index in [0.29, 0.717) is 24.9 Å². The average Bonchev–Trinajstić information content (AvgIpc) is 3.44. The summed E-state index contributed by atoms with van der Waals surface area (Å²) in [6.45, 7) is 0.759. The fourth-order valence-corrected chi connectivity index (χ4v) is 3.39. The summed E-state index contributed by atoms with van der Waals surface area (Å²) >= 11 is 0. The third-order valence-electron chi connectivity index (χ3n) is 4.95. The van der Waals surface area contributed by atoms with Gasteiger partial charge in [-0.3, -0.25) is 0 Å². The highest BCUT2D eigenvalue weighted by Gasteiger charge is 2.15. The zero-order chi connectivity index (χ0) is 21.0. The highest BCUT2D eigenvalue weighted by Crippen LogP contribution is 2.23. The van der Waals surface area contributed by atoms with E-state index in [9.17, 15) is 0 Å². The van der Waals surface area contributed by atoms with Crippen molar-refractivity contribution in [1.29, 1.82) is 0 Å². The lowest BCUT2D eigenvalue weighted by Gasteiger charge is -2.08. The topological polar surface area (TPSA) is 75.2 Å². The third kappa shape index (κ3) is 3.98. The summed E-state index contributed by atoms with van der Waals surface area (Å²) in [6, 6.07) is 25.2. The summed E-state index contributed by atoms with van der Waals surface area (Å²) in [6.07, 6.45) is 0. The van der Waals surface area contributed by atoms with E-state index in [-0.39, 0.29) is 0 Å². The van der Waals surface area contributed by atoms with Gasteiger partial charge in [-0.25, -0.2) is 4.98 Å². The summed E-state index contributed by atoms with van der Waals surface area (Å²) in [4.78, 5) is 9.31. The summed E-state index contributed by atoms with van der Waals surface area (Å²) in [7, 11) is 1.63. The Morgan fingerprint density at radius 3 is 2.42 bits per heavy atom. The van der Waals surface area contributed by atoms with E-state index in [1.165, 1.54) is 0 Å². The van der Waals surface area contributed by atoms with Gasteiger partial charge in [-0.05, 0) is 48.5 Å². The van der Waals surface area contributed by atoms with E-state index in [0.717, 1.165) is 33.9 Å². The van der Waals surface area contributed by atoms with Crippen molar-refractivity contribution in [3.8, 4) is 23.0 Å². The number of para-hydroxylation sites is 3. The van der Waals surface area contributed by atoms with Crippen molar-refractivity contribution in [1.82, 2.24) is 19.7 Å². The molecule has 2 aromatic heterocycles. The van der Waals surface area contributed by atoms with Gasteiger partial charge in [-0.2, -0.15) is 4.98 Å². The summed E-state index contributed by atoms with van der Waals surface area (Å²) in [5, 5.41) is 4.17. The maximum absolute atomic E-state index is 5.94. The molecule has 31 heavy (non-hydrogen) atoms. The first-order chi connectivity index (χ1) is 15.3. The molecule has 0 bridgehead atoms. The Bertz CT molecular complexity index is 1290. The van der Waals surface area contributed by atoms with Gasteiger partial charge >= 0.3 is 0 Å². The Morgan fingerprint density at radius 2 is 1.61 bits per heavy atom. The van der Waals surface area contributed by atoms with Crippen LogP contribution in [0.25, 0.3) is 22.5 Å². The van der Waals surface area contributed by atoms with Crippen LogP contribution >= 0.6 is 0 Å². The molecule has 0 unspecified atom stereocenters. The lowest BCUT2D eigenvalue weighted by atomic mass is 10.2. The van der Waals surface area contributed by atoms with Crippen LogP contribution in [0.5, 0.6) is 11.5 Å². The molecule has 7 heteroatoms. The van der Waals surface area contributed by atoms with Crippen LogP contribution in [0.4, 0.5) is 0 Å². The Kier molecular flexibility index (Phi) is 5.06. The van der Waals surface area contributed by atoms with E-state index < -0.39 is 0 Å². The molecule has 0 fully saturated rings. The molecule has 0 atom stereocenters. The van der Waals surface area contributed by atoms with Crippen molar-refractivity contribution >= 4 is 11.0 Å². The van der Waals surface area contributed by atoms with E-state index >= 15 is 0 Å². The highest BCUT2D eigenvalue weighted by atomic mass is 16.5. The number of aromatic nitrogens is 4. The second-order valence-electron chi connectivity index (χ2n) is 6.95. The van der Waals surface area contributed by atoms with Crippen LogP contribution in [-0.2, 0) is 13.2 Å². The minimum absolute atomic E-state index is 0.335. The Labute approximate surface area is 178 Å². The highest BCUT2D eigenvalue weighted by molar-refractivity contribution is 5.76. The molecule has 0 N–H and O–H groups in total. The number of ether oxygens (including phenoxy) is 2. The van der Waals surface area contributed by atoms with Gasteiger partial charge in [0.05, 0.1) is 24.7 Å². The number of hydrogen-bond acceptors (Lipinski definition) is 6. The Balaban J connectivity index is 1.42. The monoisotopic (exact) mass is 412 g/mol. The maximum atomic E-state index is 5.94. The molecule has 2 heterocycles. The Hall–Kier alpha value is -4.13. The number of hydrogen-bond donors (Lipinski definition) is 0. The van der Waals surface area contributed by atoms with Crippen molar-refractivity contribution in [2.75, 3.05) is 7.11 Å². The number of fused-ring (bicyclic) bond motifs is 1. The zero-order valence-corrected chi connectivity index (χ0v) is 16.9. The minimum atomic E-state index is 0.335. The predicted octanol–water partition coefficient (Wildman–Crippen LogP) is 4.72. The Morgan fingerprint density at radius 1 is 0.839 bits per heavy atom. The van der Waals surface area contributed by atoms with Gasteiger partial charge in [-0.1, -0.05) is 35.5 Å². The van der Waals surface area contributed by atoms with Crippen LogP contribution in [-0.4, -0.2) is 26.8 Å². The lowest BCUT2D eigenvalue weighted by Crippen LogP contribution is -2.09. The number of imidazole rings is 1. The summed E-state index contributed by atoms with van der Waals surface area (Å²) < 4.78 is 18.7. The van der Waals surface area contributed by atoms with Gasteiger partial charge in [0.1, 0.15) is 23.9 Å². The van der Waals surface area contributed by atoms with E-state index in [1.54, 1.807) is 7.11 Å². The molecule has 154 valence electrons. The average molecular weight is 412 g/mol. The summed E-state index contributed by atoms with van der Waals surface area (Å²) in [5.74, 6) is 3.39. The van der Waals surface area contributed by atoms with Crippen molar-refractivity contribution in [2.45, 2.75) is 13.2 Å². The van der Waals surface area contributed by atoms with E-state index in [2.05, 4.69) is 14.7 Å². The molecule has 0 saturated carbocycles. The van der Waals surface area contributed by atoms with Crippen LogP contribution < -0.4 is 9.47 Å².